The predicted molar refractivity (Wildman–Crippen MR) is 140 cm³/mol. The first-order valence-corrected chi connectivity index (χ1v) is 13.9. The van der Waals surface area contributed by atoms with Crippen molar-refractivity contribution in [3.63, 3.8) is 0 Å². The van der Waals surface area contributed by atoms with Crippen molar-refractivity contribution in [2.75, 3.05) is 25.6 Å². The number of alkyl halides is 1. The minimum Gasteiger partial charge on any atom is -0.379 e. The number of hydrogen-bond donors (Lipinski definition) is 1. The van der Waals surface area contributed by atoms with Gasteiger partial charge in [-0.25, -0.2) is 0 Å². The van der Waals surface area contributed by atoms with Gasteiger partial charge in [-0.15, -0.1) is 0 Å². The highest BCUT2D eigenvalue weighted by Crippen LogP contribution is 2.14. The van der Waals surface area contributed by atoms with Crippen LogP contribution in [0.15, 0.2) is 30.3 Å². The van der Waals surface area contributed by atoms with E-state index in [4.69, 9.17) is 9.47 Å². The molecule has 2 nitrogen and oxygen atoms in total. The van der Waals surface area contributed by atoms with Crippen LogP contribution < -0.4 is 0 Å². The molecular weight excluding hydrogens is 419 g/mol. The van der Waals surface area contributed by atoms with Crippen LogP contribution in [0, 0.1) is 0 Å². The van der Waals surface area contributed by atoms with Crippen LogP contribution >= 0.6 is 12.6 Å². The number of ether oxygens (including phenoxy) is 2. The highest BCUT2D eigenvalue weighted by Gasteiger charge is 2.07. The van der Waals surface area contributed by atoms with Crippen LogP contribution in [0.25, 0.3) is 0 Å². The van der Waals surface area contributed by atoms with Crippen LogP contribution in [-0.2, 0) is 16.1 Å². The Labute approximate surface area is 203 Å². The third-order valence-electron chi connectivity index (χ3n) is 6.01. The number of unbranched alkanes of at least 4 members (excludes halogenated alkanes) is 15. The lowest BCUT2D eigenvalue weighted by molar-refractivity contribution is -0.0128. The number of hydrogen-bond acceptors (Lipinski definition) is 3. The lowest BCUT2D eigenvalue weighted by Gasteiger charge is -2.16. The predicted octanol–water partition coefficient (Wildman–Crippen LogP) is 8.73. The van der Waals surface area contributed by atoms with Crippen LogP contribution in [0.2, 0.25) is 0 Å². The lowest BCUT2D eigenvalue weighted by atomic mass is 10.0. The summed E-state index contributed by atoms with van der Waals surface area (Å²) in [6.07, 6.45) is 20.5. The molecule has 0 saturated carbocycles. The minimum atomic E-state index is -0.142. The van der Waals surface area contributed by atoms with Gasteiger partial charge in [-0.05, 0) is 18.4 Å². The lowest BCUT2D eigenvalue weighted by Crippen LogP contribution is -2.22. The molecule has 0 heterocycles. The van der Waals surface area contributed by atoms with Gasteiger partial charge in [0, 0.05) is 12.4 Å². The largest absolute Gasteiger partial charge is 0.379 e. The summed E-state index contributed by atoms with van der Waals surface area (Å²) in [5.74, 6) is 0.689. The number of halogens is 1. The molecule has 1 rings (SSSR count). The van der Waals surface area contributed by atoms with Crippen LogP contribution in [0.1, 0.15) is 108 Å². The van der Waals surface area contributed by atoms with Crippen molar-refractivity contribution in [1.29, 1.82) is 0 Å². The highest BCUT2D eigenvalue weighted by atomic mass is 32.1. The molecule has 186 valence electrons. The van der Waals surface area contributed by atoms with Crippen molar-refractivity contribution in [3.05, 3.63) is 35.9 Å². The van der Waals surface area contributed by atoms with E-state index >= 15 is 0 Å². The van der Waals surface area contributed by atoms with Gasteiger partial charge in [0.2, 0.25) is 0 Å². The molecule has 0 bridgehead atoms. The number of rotatable bonds is 24. The van der Waals surface area contributed by atoms with Crippen molar-refractivity contribution < 1.29 is 13.9 Å². The molecule has 0 aliphatic rings. The molecule has 0 radical (unpaired) electrons. The second kappa shape index (κ2) is 23.6. The second-order valence-corrected chi connectivity index (χ2v) is 9.39. The van der Waals surface area contributed by atoms with Gasteiger partial charge in [-0.3, -0.25) is 4.39 Å². The molecule has 0 aromatic heterocycles. The maximum Gasteiger partial charge on any atom is 0.0900 e. The first-order chi connectivity index (χ1) is 15.9. The molecule has 0 aliphatic carbocycles. The monoisotopic (exact) mass is 468 g/mol. The van der Waals surface area contributed by atoms with E-state index < -0.39 is 0 Å². The quantitative estimate of drug-likeness (QED) is 0.121. The zero-order valence-corrected chi connectivity index (χ0v) is 21.3. The van der Waals surface area contributed by atoms with E-state index in [1.807, 2.05) is 18.2 Å². The van der Waals surface area contributed by atoms with E-state index in [0.29, 0.717) is 19.0 Å². The van der Waals surface area contributed by atoms with Crippen molar-refractivity contribution in [1.82, 2.24) is 0 Å². The smallest absolute Gasteiger partial charge is 0.0900 e. The van der Waals surface area contributed by atoms with E-state index in [0.717, 1.165) is 25.9 Å². The minimum absolute atomic E-state index is 0.0611. The topological polar surface area (TPSA) is 18.5 Å². The van der Waals surface area contributed by atoms with E-state index in [1.54, 1.807) is 0 Å². The van der Waals surface area contributed by atoms with Crippen molar-refractivity contribution >= 4 is 12.6 Å². The van der Waals surface area contributed by atoms with Gasteiger partial charge in [-0.1, -0.05) is 120 Å². The molecule has 32 heavy (non-hydrogen) atoms. The fraction of sp³-hybridized carbons (Fsp3) is 0.786. The van der Waals surface area contributed by atoms with Gasteiger partial charge in [0.1, 0.15) is 0 Å². The normalized spacial score (nSPS) is 12.3. The Balaban J connectivity index is 1.76. The van der Waals surface area contributed by atoms with Gasteiger partial charge in [0.25, 0.3) is 0 Å². The summed E-state index contributed by atoms with van der Waals surface area (Å²) in [6, 6.07) is 10.3. The maximum atomic E-state index is 12.0. The molecule has 0 fully saturated rings. The summed E-state index contributed by atoms with van der Waals surface area (Å²) < 4.78 is 23.7. The average Bonchev–Trinajstić information content (AvgIpc) is 2.83. The van der Waals surface area contributed by atoms with Gasteiger partial charge in [0.15, 0.2) is 0 Å². The summed E-state index contributed by atoms with van der Waals surface area (Å²) >= 11 is 4.39. The zero-order chi connectivity index (χ0) is 23.0. The summed E-state index contributed by atoms with van der Waals surface area (Å²) in [4.78, 5) is 0. The van der Waals surface area contributed by atoms with Crippen molar-refractivity contribution in [2.24, 2.45) is 0 Å². The molecule has 0 saturated heterocycles. The second-order valence-electron chi connectivity index (χ2n) is 9.02. The summed E-state index contributed by atoms with van der Waals surface area (Å²) in [6.45, 7) is 1.94. The number of thiol groups is 1. The van der Waals surface area contributed by atoms with Crippen LogP contribution in [-0.4, -0.2) is 31.7 Å². The van der Waals surface area contributed by atoms with Gasteiger partial charge >= 0.3 is 0 Å². The molecule has 4 heteroatoms. The fourth-order valence-electron chi connectivity index (χ4n) is 3.93. The first kappa shape index (κ1) is 29.5. The van der Waals surface area contributed by atoms with Gasteiger partial charge in [-0.2, -0.15) is 12.6 Å². The van der Waals surface area contributed by atoms with E-state index in [9.17, 15) is 4.39 Å². The molecule has 0 amide bonds. The van der Waals surface area contributed by atoms with Crippen LogP contribution in [0.4, 0.5) is 4.39 Å². The van der Waals surface area contributed by atoms with Crippen molar-refractivity contribution in [3.8, 4) is 0 Å². The molecular formula is C28H49FO2S. The Morgan fingerprint density at radius 3 is 1.59 bits per heavy atom. The zero-order valence-electron chi connectivity index (χ0n) is 20.5. The third-order valence-corrected chi connectivity index (χ3v) is 6.42. The third kappa shape index (κ3) is 18.9. The van der Waals surface area contributed by atoms with Crippen LogP contribution in [0.5, 0.6) is 0 Å². The van der Waals surface area contributed by atoms with E-state index in [1.165, 1.54) is 89.0 Å². The maximum absolute atomic E-state index is 12.0. The average molecular weight is 469 g/mol. The molecule has 1 unspecified atom stereocenters. The first-order valence-electron chi connectivity index (χ1n) is 13.3. The van der Waals surface area contributed by atoms with E-state index in [2.05, 4.69) is 24.8 Å². The molecule has 0 N–H and O–H groups in total. The standard InChI is InChI=1S/C28H49FO2S/c29-22-18-13-11-9-7-5-3-1-2-4-6-8-10-12-14-19-23-30-25-28(26-32)31-24-27-20-16-15-17-21-27/h15-17,20-21,28,32H,1-14,18-19,22-26H2. The molecule has 1 aromatic carbocycles. The SMILES string of the molecule is FCCCCCCCCCCCCCCCCCCOCC(CS)OCc1ccccc1. The van der Waals surface area contributed by atoms with Crippen molar-refractivity contribution in [2.45, 2.75) is 115 Å². The molecule has 0 spiro atoms. The Hall–Kier alpha value is -0.580. The van der Waals surface area contributed by atoms with Gasteiger partial charge in [0.05, 0.1) is 26.0 Å². The Bertz CT molecular complexity index is 486. The summed E-state index contributed by atoms with van der Waals surface area (Å²) in [5.41, 5.74) is 1.19. The highest BCUT2D eigenvalue weighted by molar-refractivity contribution is 7.80. The Morgan fingerprint density at radius 1 is 0.656 bits per heavy atom. The van der Waals surface area contributed by atoms with Gasteiger partial charge < -0.3 is 9.47 Å². The summed E-state index contributed by atoms with van der Waals surface area (Å²) in [5, 5.41) is 0. The molecule has 1 atom stereocenters. The van der Waals surface area contributed by atoms with E-state index in [-0.39, 0.29) is 12.8 Å². The Morgan fingerprint density at radius 2 is 1.12 bits per heavy atom. The van der Waals surface area contributed by atoms with Crippen LogP contribution in [0.3, 0.4) is 0 Å². The fourth-order valence-corrected chi connectivity index (χ4v) is 4.14. The Kier molecular flexibility index (Phi) is 21.7. The number of benzene rings is 1. The molecule has 0 aliphatic heterocycles. The molecule has 1 aromatic rings. The summed E-state index contributed by atoms with van der Waals surface area (Å²) in [7, 11) is 0.